The van der Waals surface area contributed by atoms with Crippen LogP contribution in [0.2, 0.25) is 0 Å². The van der Waals surface area contributed by atoms with Crippen LogP contribution in [0.3, 0.4) is 0 Å². The second-order valence-corrected chi connectivity index (χ2v) is 7.41. The molecule has 0 aliphatic carbocycles. The van der Waals surface area contributed by atoms with Crippen LogP contribution in [0.4, 0.5) is 4.39 Å². The number of rotatable bonds is 2. The van der Waals surface area contributed by atoms with Crippen molar-refractivity contribution in [1.29, 1.82) is 0 Å². The van der Waals surface area contributed by atoms with Gasteiger partial charge < -0.3 is 9.47 Å². The zero-order valence-corrected chi connectivity index (χ0v) is 15.7. The van der Waals surface area contributed by atoms with Gasteiger partial charge in [-0.05, 0) is 56.7 Å². The third-order valence-electron chi connectivity index (χ3n) is 5.47. The topological polar surface area (TPSA) is 8.17 Å². The lowest BCUT2D eigenvalue weighted by molar-refractivity contribution is 0.351. The molecule has 0 radical (unpaired) electrons. The van der Waals surface area contributed by atoms with Crippen LogP contribution in [0.5, 0.6) is 0 Å². The van der Waals surface area contributed by atoms with E-state index >= 15 is 0 Å². The van der Waals surface area contributed by atoms with Gasteiger partial charge in [0.15, 0.2) is 0 Å². The van der Waals surface area contributed by atoms with E-state index in [-0.39, 0.29) is 5.82 Å². The second-order valence-electron chi connectivity index (χ2n) is 7.41. The van der Waals surface area contributed by atoms with Crippen LogP contribution in [0.15, 0.2) is 42.5 Å². The number of likely N-dealkylation sites (N-methyl/N-ethyl adjacent to an activating group) is 1. The van der Waals surface area contributed by atoms with Gasteiger partial charge in [-0.2, -0.15) is 0 Å². The molecule has 1 aliphatic rings. The summed E-state index contributed by atoms with van der Waals surface area (Å²) in [6.07, 6.45) is 4.19. The largest absolute Gasteiger partial charge is 0.320 e. The number of halogens is 1. The minimum absolute atomic E-state index is 0.167. The number of fused-ring (bicyclic) bond motifs is 3. The zero-order valence-electron chi connectivity index (χ0n) is 15.7. The average Bonchev–Trinajstić information content (AvgIpc) is 2.76. The number of hydrogen-bond donors (Lipinski definition) is 0. The number of allylic oxidation sites excluding steroid dienone is 1. The number of aryl methyl sites for hydroxylation is 1. The van der Waals surface area contributed by atoms with Gasteiger partial charge in [0.1, 0.15) is 5.82 Å². The Morgan fingerprint density at radius 2 is 1.85 bits per heavy atom. The fourth-order valence-electron chi connectivity index (χ4n) is 4.00. The molecule has 2 aromatic carbocycles. The number of hydrogen-bond acceptors (Lipinski definition) is 1. The van der Waals surface area contributed by atoms with Crippen LogP contribution in [0.25, 0.3) is 22.7 Å². The molecule has 26 heavy (non-hydrogen) atoms. The monoisotopic (exact) mass is 348 g/mol. The van der Waals surface area contributed by atoms with Crippen molar-refractivity contribution in [3.8, 4) is 0 Å². The summed E-state index contributed by atoms with van der Waals surface area (Å²) >= 11 is 0. The van der Waals surface area contributed by atoms with Gasteiger partial charge in [0.05, 0.1) is 5.52 Å². The summed E-state index contributed by atoms with van der Waals surface area (Å²) in [6, 6.07) is 13.7. The van der Waals surface area contributed by atoms with E-state index in [4.69, 9.17) is 0 Å². The standard InChI is InChI=1S/C23H25FN2/c1-16-8-9-22-20(14-16)19-10-12-25(3)13-11-23(19)26(22)15-17(2)18-6-4-5-7-21(18)24/h4-9,14-15H,10-13H2,1-3H3/b17-15-. The molecule has 0 amide bonds. The van der Waals surface area contributed by atoms with Crippen LogP contribution in [-0.2, 0) is 12.8 Å². The quantitative estimate of drug-likeness (QED) is 0.623. The first kappa shape index (κ1) is 17.0. The maximum absolute atomic E-state index is 14.2. The van der Waals surface area contributed by atoms with Crippen molar-refractivity contribution in [2.75, 3.05) is 20.1 Å². The van der Waals surface area contributed by atoms with Crippen molar-refractivity contribution in [3.05, 3.63) is 70.7 Å². The summed E-state index contributed by atoms with van der Waals surface area (Å²) in [7, 11) is 2.18. The first-order valence-corrected chi connectivity index (χ1v) is 9.29. The van der Waals surface area contributed by atoms with Gasteiger partial charge >= 0.3 is 0 Å². The van der Waals surface area contributed by atoms with E-state index in [1.807, 2.05) is 19.1 Å². The fourth-order valence-corrected chi connectivity index (χ4v) is 4.00. The molecule has 0 fully saturated rings. The predicted octanol–water partition coefficient (Wildman–Crippen LogP) is 5.14. The highest BCUT2D eigenvalue weighted by atomic mass is 19.1. The van der Waals surface area contributed by atoms with Crippen LogP contribution >= 0.6 is 0 Å². The molecule has 3 heteroatoms. The molecule has 0 N–H and O–H groups in total. The Morgan fingerprint density at radius 3 is 2.65 bits per heavy atom. The molecular weight excluding hydrogens is 323 g/mol. The second kappa shape index (κ2) is 6.73. The van der Waals surface area contributed by atoms with E-state index in [2.05, 4.69) is 47.8 Å². The number of benzene rings is 2. The highest BCUT2D eigenvalue weighted by Crippen LogP contribution is 2.31. The molecule has 2 nitrogen and oxygen atoms in total. The molecule has 0 saturated carbocycles. The Morgan fingerprint density at radius 1 is 1.08 bits per heavy atom. The normalized spacial score (nSPS) is 15.9. The van der Waals surface area contributed by atoms with Gasteiger partial charge in [0.2, 0.25) is 0 Å². The highest BCUT2D eigenvalue weighted by molar-refractivity contribution is 5.90. The molecule has 0 spiro atoms. The minimum atomic E-state index is -0.167. The van der Waals surface area contributed by atoms with E-state index in [1.54, 1.807) is 6.07 Å². The molecule has 1 aliphatic heterocycles. The van der Waals surface area contributed by atoms with Crippen LogP contribution in [0.1, 0.15) is 29.3 Å². The van der Waals surface area contributed by atoms with Gasteiger partial charge in [-0.25, -0.2) is 4.39 Å². The lowest BCUT2D eigenvalue weighted by Crippen LogP contribution is -2.21. The summed E-state index contributed by atoms with van der Waals surface area (Å²) in [4.78, 5) is 2.39. The van der Waals surface area contributed by atoms with Crippen molar-refractivity contribution in [2.45, 2.75) is 26.7 Å². The fraction of sp³-hybridized carbons (Fsp3) is 0.304. The van der Waals surface area contributed by atoms with Crippen molar-refractivity contribution >= 4 is 22.7 Å². The third-order valence-corrected chi connectivity index (χ3v) is 5.47. The summed E-state index contributed by atoms with van der Waals surface area (Å²) in [5.74, 6) is -0.167. The van der Waals surface area contributed by atoms with Crippen LogP contribution < -0.4 is 0 Å². The molecule has 0 atom stereocenters. The molecule has 1 aromatic heterocycles. The minimum Gasteiger partial charge on any atom is -0.320 e. The molecule has 0 unspecified atom stereocenters. The average molecular weight is 348 g/mol. The van der Waals surface area contributed by atoms with E-state index < -0.39 is 0 Å². The predicted molar refractivity (Wildman–Crippen MR) is 108 cm³/mol. The Bertz CT molecular complexity index is 997. The van der Waals surface area contributed by atoms with Crippen LogP contribution in [0, 0.1) is 12.7 Å². The molecule has 2 heterocycles. The smallest absolute Gasteiger partial charge is 0.130 e. The van der Waals surface area contributed by atoms with Gasteiger partial charge in [-0.15, -0.1) is 0 Å². The Hall–Kier alpha value is -2.39. The van der Waals surface area contributed by atoms with Gasteiger partial charge in [-0.3, -0.25) is 0 Å². The van der Waals surface area contributed by atoms with E-state index in [0.717, 1.165) is 31.5 Å². The van der Waals surface area contributed by atoms with Gasteiger partial charge in [0, 0.05) is 42.4 Å². The lowest BCUT2D eigenvalue weighted by Gasteiger charge is -2.13. The van der Waals surface area contributed by atoms with E-state index in [9.17, 15) is 4.39 Å². The lowest BCUT2D eigenvalue weighted by atomic mass is 10.1. The van der Waals surface area contributed by atoms with Crippen molar-refractivity contribution in [1.82, 2.24) is 9.47 Å². The molecule has 134 valence electrons. The van der Waals surface area contributed by atoms with E-state index in [1.165, 1.54) is 33.8 Å². The summed E-state index contributed by atoms with van der Waals surface area (Å²) < 4.78 is 16.5. The molecule has 0 saturated heterocycles. The molecule has 3 aromatic rings. The SMILES string of the molecule is C/C(=C/n1c2c(c3cc(C)ccc31)CCN(C)CC2)c1ccccc1F. The van der Waals surface area contributed by atoms with Gasteiger partial charge in [-0.1, -0.05) is 29.8 Å². The van der Waals surface area contributed by atoms with Crippen molar-refractivity contribution in [2.24, 2.45) is 0 Å². The maximum atomic E-state index is 14.2. The van der Waals surface area contributed by atoms with Crippen molar-refractivity contribution in [3.63, 3.8) is 0 Å². The first-order valence-electron chi connectivity index (χ1n) is 9.29. The zero-order chi connectivity index (χ0) is 18.3. The Labute approximate surface area is 154 Å². The number of nitrogens with zero attached hydrogens (tertiary/aromatic N) is 2. The first-order chi connectivity index (χ1) is 12.5. The molecule has 0 bridgehead atoms. The molecule has 4 rings (SSSR count). The Kier molecular flexibility index (Phi) is 4.41. The maximum Gasteiger partial charge on any atom is 0.130 e. The summed E-state index contributed by atoms with van der Waals surface area (Å²) in [5, 5.41) is 1.34. The molecular formula is C23H25FN2. The number of aromatic nitrogens is 1. The van der Waals surface area contributed by atoms with Crippen molar-refractivity contribution < 1.29 is 4.39 Å². The summed E-state index contributed by atoms with van der Waals surface area (Å²) in [6.45, 7) is 6.27. The Balaban J connectivity index is 1.92. The van der Waals surface area contributed by atoms with Crippen LogP contribution in [-0.4, -0.2) is 29.6 Å². The highest BCUT2D eigenvalue weighted by Gasteiger charge is 2.20. The van der Waals surface area contributed by atoms with Gasteiger partial charge in [0.25, 0.3) is 0 Å². The van der Waals surface area contributed by atoms with E-state index in [0.29, 0.717) is 5.56 Å². The summed E-state index contributed by atoms with van der Waals surface area (Å²) in [5.41, 5.74) is 6.93. The third kappa shape index (κ3) is 2.97.